The van der Waals surface area contributed by atoms with Crippen LogP contribution in [0, 0.1) is 0 Å². The van der Waals surface area contributed by atoms with Crippen molar-refractivity contribution in [3.63, 3.8) is 0 Å². The van der Waals surface area contributed by atoms with Crippen molar-refractivity contribution in [1.29, 1.82) is 0 Å². The molecule has 0 aromatic heterocycles. The van der Waals surface area contributed by atoms with Crippen LogP contribution in [0.5, 0.6) is 0 Å². The largest absolute Gasteiger partial charge is 0.470 e. The van der Waals surface area contributed by atoms with E-state index in [1.165, 1.54) is 0 Å². The minimum Gasteiger partial charge on any atom is -0.394 e. The van der Waals surface area contributed by atoms with Gasteiger partial charge in [0.2, 0.25) is 0 Å². The van der Waals surface area contributed by atoms with Gasteiger partial charge in [0.1, 0.15) is 73.2 Å². The van der Waals surface area contributed by atoms with Crippen molar-refractivity contribution in [3.8, 4) is 0 Å². The molecule has 224 valence electrons. The Morgan fingerprint density at radius 1 is 0.553 bits per heavy atom. The predicted octanol–water partition coefficient (Wildman–Crippen LogP) is -7.46. The summed E-state index contributed by atoms with van der Waals surface area (Å²) < 4.78 is 42.3. The van der Waals surface area contributed by atoms with Gasteiger partial charge in [-0.1, -0.05) is 0 Å². The SMILES string of the molecule is O=P(O)(O)O[C@H]1[C@@H](O[C@H]2[C@H](O)[C@@H](O)[C@@H](O[C@H]3[C@H](O)[C@@H](O)[C@@H](O)O[C@@H]3CO)O[C@@H]2CO)O[C@H](CO)[C@@H](O)[C@@H]1O. The first-order valence-electron chi connectivity index (χ1n) is 11.3. The molecule has 3 saturated heterocycles. The van der Waals surface area contributed by atoms with Crippen LogP contribution in [0.2, 0.25) is 0 Å². The van der Waals surface area contributed by atoms with Crippen molar-refractivity contribution in [2.45, 2.75) is 92.1 Å². The zero-order chi connectivity index (χ0) is 28.5. The number of aliphatic hydroxyl groups is 10. The van der Waals surface area contributed by atoms with Crippen molar-refractivity contribution >= 4 is 7.82 Å². The van der Waals surface area contributed by atoms with Gasteiger partial charge in [0.05, 0.1) is 19.8 Å². The van der Waals surface area contributed by atoms with Crippen LogP contribution in [0.15, 0.2) is 0 Å². The van der Waals surface area contributed by atoms with Gasteiger partial charge in [0, 0.05) is 0 Å². The smallest absolute Gasteiger partial charge is 0.394 e. The molecule has 3 aliphatic heterocycles. The van der Waals surface area contributed by atoms with Gasteiger partial charge in [0.25, 0.3) is 0 Å². The lowest BCUT2D eigenvalue weighted by Gasteiger charge is -2.48. The van der Waals surface area contributed by atoms with Crippen LogP contribution in [0.3, 0.4) is 0 Å². The summed E-state index contributed by atoms with van der Waals surface area (Å²) in [4.78, 5) is 18.4. The summed E-state index contributed by atoms with van der Waals surface area (Å²) in [7, 11) is -5.32. The monoisotopic (exact) mass is 584 g/mol. The summed E-state index contributed by atoms with van der Waals surface area (Å²) in [5, 5.41) is 100. The average Bonchev–Trinajstić information content (AvgIpc) is 2.86. The Morgan fingerprint density at radius 2 is 1.00 bits per heavy atom. The molecule has 20 heteroatoms. The number of phosphoric ester groups is 1. The lowest BCUT2D eigenvalue weighted by Crippen LogP contribution is -2.66. The van der Waals surface area contributed by atoms with E-state index < -0.39 is 120 Å². The minimum atomic E-state index is -5.32. The van der Waals surface area contributed by atoms with Crippen LogP contribution in [-0.4, -0.2) is 173 Å². The highest BCUT2D eigenvalue weighted by atomic mass is 31.2. The third-order valence-electron chi connectivity index (χ3n) is 6.33. The molecule has 12 N–H and O–H groups in total. The van der Waals surface area contributed by atoms with Gasteiger partial charge in [-0.15, -0.1) is 0 Å². The summed E-state index contributed by atoms with van der Waals surface area (Å²) in [6.07, 6.45) is -27.4. The Labute approximate surface area is 214 Å². The molecule has 0 amide bonds. The Balaban J connectivity index is 1.79. The normalized spacial score (nSPS) is 48.7. The van der Waals surface area contributed by atoms with Gasteiger partial charge >= 0.3 is 7.82 Å². The maximum Gasteiger partial charge on any atom is 0.470 e. The van der Waals surface area contributed by atoms with Gasteiger partial charge in [-0.25, -0.2) is 4.57 Å². The number of hydrogen-bond acceptors (Lipinski definition) is 17. The number of rotatable bonds is 9. The first-order chi connectivity index (χ1) is 17.7. The fourth-order valence-corrected chi connectivity index (χ4v) is 4.86. The maximum absolute atomic E-state index is 11.4. The van der Waals surface area contributed by atoms with Crippen molar-refractivity contribution in [3.05, 3.63) is 0 Å². The highest BCUT2D eigenvalue weighted by Gasteiger charge is 2.54. The Hall–Kier alpha value is -0.490. The van der Waals surface area contributed by atoms with Crippen molar-refractivity contribution < 1.29 is 93.6 Å². The van der Waals surface area contributed by atoms with Crippen LogP contribution in [0.25, 0.3) is 0 Å². The van der Waals surface area contributed by atoms with Gasteiger partial charge in [0.15, 0.2) is 18.9 Å². The third-order valence-corrected chi connectivity index (χ3v) is 6.84. The molecule has 3 aliphatic rings. The fraction of sp³-hybridized carbons (Fsp3) is 1.00. The zero-order valence-corrected chi connectivity index (χ0v) is 20.3. The Bertz CT molecular complexity index is 796. The highest BCUT2D eigenvalue weighted by Crippen LogP contribution is 2.42. The summed E-state index contributed by atoms with van der Waals surface area (Å²) in [6.45, 7) is -2.63. The molecule has 38 heavy (non-hydrogen) atoms. The quantitative estimate of drug-likeness (QED) is 0.112. The Kier molecular flexibility index (Phi) is 11.0. The van der Waals surface area contributed by atoms with E-state index in [0.29, 0.717) is 0 Å². The maximum atomic E-state index is 11.4. The number of phosphoric acid groups is 1. The molecule has 3 heterocycles. The number of aliphatic hydroxyl groups excluding tert-OH is 10. The van der Waals surface area contributed by atoms with Crippen LogP contribution in [-0.2, 0) is 32.8 Å². The highest BCUT2D eigenvalue weighted by molar-refractivity contribution is 7.46. The standard InChI is InChI=1S/C18H33O19P/c19-1-4-7(22)8(23)15(37-38(29,30)31)18(33-4)36-14-6(3-21)34-17(12(27)10(14)25)35-13-5(2-20)32-16(28)11(26)9(13)24/h4-28H,1-3H2,(H2,29,30,31)/t4-,5-,6-,7-,8+,9-,10-,11-,12-,13-,14-,15-,16+,17-,18-/m1/s1. The molecule has 0 aromatic carbocycles. The molecule has 0 aliphatic carbocycles. The average molecular weight is 584 g/mol. The molecular formula is C18H33O19P. The van der Waals surface area contributed by atoms with Gasteiger partial charge < -0.3 is 84.5 Å². The van der Waals surface area contributed by atoms with Crippen molar-refractivity contribution in [2.24, 2.45) is 0 Å². The molecule has 0 bridgehead atoms. The van der Waals surface area contributed by atoms with E-state index in [4.69, 9.17) is 23.7 Å². The molecule has 0 unspecified atom stereocenters. The molecule has 0 aromatic rings. The molecule has 0 spiro atoms. The van der Waals surface area contributed by atoms with Gasteiger partial charge in [-0.05, 0) is 0 Å². The zero-order valence-electron chi connectivity index (χ0n) is 19.5. The van der Waals surface area contributed by atoms with Crippen LogP contribution in [0.1, 0.15) is 0 Å². The summed E-state index contributed by atoms with van der Waals surface area (Å²) >= 11 is 0. The fourth-order valence-electron chi connectivity index (χ4n) is 4.31. The molecule has 19 nitrogen and oxygen atoms in total. The molecular weight excluding hydrogens is 551 g/mol. The molecule has 0 saturated carbocycles. The molecule has 3 fully saturated rings. The first kappa shape index (κ1) is 32.0. The second-order valence-corrected chi connectivity index (χ2v) is 10.1. The van der Waals surface area contributed by atoms with E-state index in [2.05, 4.69) is 4.52 Å². The number of hydrogen-bond donors (Lipinski definition) is 12. The van der Waals surface area contributed by atoms with E-state index in [-0.39, 0.29) is 0 Å². The third kappa shape index (κ3) is 6.86. The van der Waals surface area contributed by atoms with E-state index in [0.717, 1.165) is 0 Å². The van der Waals surface area contributed by atoms with Crippen LogP contribution in [0.4, 0.5) is 0 Å². The molecule has 15 atom stereocenters. The van der Waals surface area contributed by atoms with Gasteiger partial charge in [-0.2, -0.15) is 0 Å². The van der Waals surface area contributed by atoms with Crippen LogP contribution >= 0.6 is 7.82 Å². The lowest BCUT2D eigenvalue weighted by molar-refractivity contribution is -0.376. The summed E-state index contributed by atoms with van der Waals surface area (Å²) in [5.74, 6) is 0. The molecule has 0 radical (unpaired) electrons. The minimum absolute atomic E-state index is 0.813. The van der Waals surface area contributed by atoms with E-state index in [1.807, 2.05) is 0 Å². The van der Waals surface area contributed by atoms with Gasteiger partial charge in [-0.3, -0.25) is 4.52 Å². The number of ether oxygens (including phenoxy) is 5. The second-order valence-electron chi connectivity index (χ2n) is 8.90. The van der Waals surface area contributed by atoms with Crippen molar-refractivity contribution in [2.75, 3.05) is 19.8 Å². The topological polar surface area (TPSA) is 315 Å². The summed E-state index contributed by atoms with van der Waals surface area (Å²) in [6, 6.07) is 0. The predicted molar refractivity (Wildman–Crippen MR) is 112 cm³/mol. The van der Waals surface area contributed by atoms with E-state index >= 15 is 0 Å². The summed E-state index contributed by atoms with van der Waals surface area (Å²) in [5.41, 5.74) is 0. The van der Waals surface area contributed by atoms with Crippen LogP contribution < -0.4 is 0 Å². The van der Waals surface area contributed by atoms with E-state index in [9.17, 15) is 65.4 Å². The Morgan fingerprint density at radius 3 is 1.53 bits per heavy atom. The first-order valence-corrected chi connectivity index (χ1v) is 12.9. The lowest BCUT2D eigenvalue weighted by atomic mass is 9.96. The van der Waals surface area contributed by atoms with Crippen molar-refractivity contribution in [1.82, 2.24) is 0 Å². The van der Waals surface area contributed by atoms with E-state index in [1.54, 1.807) is 0 Å². The molecule has 3 rings (SSSR count). The second kappa shape index (κ2) is 13.0.